The van der Waals surface area contributed by atoms with Gasteiger partial charge in [0.15, 0.2) is 5.92 Å². The molecule has 2 amide bonds. The first-order chi connectivity index (χ1) is 11.0. The first kappa shape index (κ1) is 16.4. The van der Waals surface area contributed by atoms with E-state index in [4.69, 9.17) is 5.41 Å². The van der Waals surface area contributed by atoms with Crippen LogP contribution in [0.25, 0.3) is 0 Å². The molecule has 0 aliphatic rings. The molecule has 0 spiro atoms. The van der Waals surface area contributed by atoms with E-state index in [-0.39, 0.29) is 5.71 Å². The predicted molar refractivity (Wildman–Crippen MR) is 91.8 cm³/mol. The van der Waals surface area contributed by atoms with Gasteiger partial charge in [-0.25, -0.2) is 0 Å². The average molecular weight is 309 g/mol. The van der Waals surface area contributed by atoms with E-state index < -0.39 is 17.7 Å². The maximum atomic E-state index is 12.6. The number of amides is 2. The maximum Gasteiger partial charge on any atom is 0.245 e. The van der Waals surface area contributed by atoms with Crippen LogP contribution in [0.15, 0.2) is 60.7 Å². The molecular formula is C18H19N3O2. The summed E-state index contributed by atoms with van der Waals surface area (Å²) in [7, 11) is 1.60. The molecule has 23 heavy (non-hydrogen) atoms. The predicted octanol–water partition coefficient (Wildman–Crippen LogP) is 2.94. The number of nitrogens with one attached hydrogen (secondary N) is 2. The molecule has 5 nitrogen and oxygen atoms in total. The molecule has 0 aromatic heterocycles. The van der Waals surface area contributed by atoms with Gasteiger partial charge in [0.25, 0.3) is 0 Å². The van der Waals surface area contributed by atoms with Crippen LogP contribution in [0.2, 0.25) is 0 Å². The minimum absolute atomic E-state index is 0.00575. The SMILES string of the molecule is CC(=N)C(C(=O)Nc1ccccc1)C(=O)N(C)c1ccccc1. The summed E-state index contributed by atoms with van der Waals surface area (Å²) in [4.78, 5) is 26.5. The van der Waals surface area contributed by atoms with Crippen LogP contribution in [0.1, 0.15) is 6.92 Å². The van der Waals surface area contributed by atoms with E-state index in [1.165, 1.54) is 11.8 Å². The number of carbonyl (C=O) groups excluding carboxylic acids is 2. The summed E-state index contributed by atoms with van der Waals surface area (Å²) in [5.74, 6) is -2.09. The molecule has 0 aliphatic carbocycles. The molecule has 118 valence electrons. The number of hydrogen-bond acceptors (Lipinski definition) is 3. The number of rotatable bonds is 5. The summed E-state index contributed by atoms with van der Waals surface area (Å²) in [6.07, 6.45) is 0. The first-order valence-corrected chi connectivity index (χ1v) is 7.24. The minimum Gasteiger partial charge on any atom is -0.325 e. The zero-order valence-electron chi connectivity index (χ0n) is 13.1. The molecule has 0 heterocycles. The number of nitrogens with zero attached hydrogens (tertiary/aromatic N) is 1. The zero-order chi connectivity index (χ0) is 16.8. The lowest BCUT2D eigenvalue weighted by molar-refractivity contribution is -0.127. The Balaban J connectivity index is 2.19. The van der Waals surface area contributed by atoms with Gasteiger partial charge in [-0.3, -0.25) is 9.59 Å². The molecule has 2 N–H and O–H groups in total. The lowest BCUT2D eigenvalue weighted by atomic mass is 10.0. The van der Waals surface area contributed by atoms with Crippen LogP contribution in [0.5, 0.6) is 0 Å². The molecule has 0 radical (unpaired) electrons. The lowest BCUT2D eigenvalue weighted by Gasteiger charge is -2.23. The van der Waals surface area contributed by atoms with Crippen molar-refractivity contribution in [1.29, 1.82) is 5.41 Å². The Hall–Kier alpha value is -2.95. The lowest BCUT2D eigenvalue weighted by Crippen LogP contribution is -2.43. The van der Waals surface area contributed by atoms with Gasteiger partial charge in [0.1, 0.15) is 0 Å². The second-order valence-corrected chi connectivity index (χ2v) is 5.20. The molecular weight excluding hydrogens is 290 g/mol. The third-order valence-corrected chi connectivity index (χ3v) is 3.46. The summed E-state index contributed by atoms with van der Waals surface area (Å²) in [5, 5.41) is 10.5. The highest BCUT2D eigenvalue weighted by molar-refractivity contribution is 6.24. The summed E-state index contributed by atoms with van der Waals surface area (Å²) >= 11 is 0. The quantitative estimate of drug-likeness (QED) is 0.658. The van der Waals surface area contributed by atoms with Crippen molar-refractivity contribution in [1.82, 2.24) is 0 Å². The Kier molecular flexibility index (Phi) is 5.25. The Bertz CT molecular complexity index is 699. The highest BCUT2D eigenvalue weighted by Gasteiger charge is 2.31. The van der Waals surface area contributed by atoms with Gasteiger partial charge in [-0.15, -0.1) is 0 Å². The van der Waals surface area contributed by atoms with Crippen LogP contribution in [0.4, 0.5) is 11.4 Å². The van der Waals surface area contributed by atoms with Crippen LogP contribution in [0, 0.1) is 11.3 Å². The van der Waals surface area contributed by atoms with Crippen LogP contribution < -0.4 is 10.2 Å². The van der Waals surface area contributed by atoms with E-state index in [0.29, 0.717) is 11.4 Å². The minimum atomic E-state index is -1.15. The van der Waals surface area contributed by atoms with Crippen LogP contribution in [-0.4, -0.2) is 24.6 Å². The van der Waals surface area contributed by atoms with Gasteiger partial charge in [0, 0.05) is 24.1 Å². The molecule has 2 aromatic carbocycles. The fourth-order valence-electron chi connectivity index (χ4n) is 2.20. The standard InChI is InChI=1S/C18H19N3O2/c1-13(19)16(17(22)20-14-9-5-3-6-10-14)18(23)21(2)15-11-7-4-8-12-15/h3-12,16,19H,1-2H3,(H,20,22). The van der Waals surface area contributed by atoms with E-state index in [0.717, 1.165) is 0 Å². The molecule has 0 saturated carbocycles. The summed E-state index contributed by atoms with van der Waals surface area (Å²) in [5.41, 5.74) is 1.28. The van der Waals surface area contributed by atoms with Gasteiger partial charge >= 0.3 is 0 Å². The van der Waals surface area contributed by atoms with Crippen molar-refractivity contribution in [2.75, 3.05) is 17.3 Å². The van der Waals surface area contributed by atoms with Gasteiger partial charge in [0.2, 0.25) is 11.8 Å². The maximum absolute atomic E-state index is 12.6. The van der Waals surface area contributed by atoms with Crippen molar-refractivity contribution in [2.45, 2.75) is 6.92 Å². The smallest absolute Gasteiger partial charge is 0.245 e. The van der Waals surface area contributed by atoms with Crippen molar-refractivity contribution >= 4 is 28.9 Å². The largest absolute Gasteiger partial charge is 0.325 e. The third-order valence-electron chi connectivity index (χ3n) is 3.46. The Morgan fingerprint density at radius 3 is 2.04 bits per heavy atom. The van der Waals surface area contributed by atoms with E-state index in [1.807, 2.05) is 24.3 Å². The fourth-order valence-corrected chi connectivity index (χ4v) is 2.20. The molecule has 0 fully saturated rings. The fraction of sp³-hybridized carbons (Fsp3) is 0.167. The molecule has 0 bridgehead atoms. The van der Waals surface area contributed by atoms with E-state index in [9.17, 15) is 9.59 Å². The van der Waals surface area contributed by atoms with Gasteiger partial charge in [-0.2, -0.15) is 0 Å². The molecule has 0 aliphatic heterocycles. The zero-order valence-corrected chi connectivity index (χ0v) is 13.1. The second-order valence-electron chi connectivity index (χ2n) is 5.20. The summed E-state index contributed by atoms with van der Waals surface area (Å²) < 4.78 is 0. The monoisotopic (exact) mass is 309 g/mol. The second kappa shape index (κ2) is 7.35. The molecule has 5 heteroatoms. The number of anilines is 2. The van der Waals surface area contributed by atoms with Crippen molar-refractivity contribution in [2.24, 2.45) is 5.92 Å². The van der Waals surface area contributed by atoms with E-state index >= 15 is 0 Å². The van der Waals surface area contributed by atoms with Gasteiger partial charge in [-0.1, -0.05) is 36.4 Å². The van der Waals surface area contributed by atoms with Crippen molar-refractivity contribution in [3.8, 4) is 0 Å². The number of benzene rings is 2. The molecule has 1 atom stereocenters. The highest BCUT2D eigenvalue weighted by Crippen LogP contribution is 2.17. The van der Waals surface area contributed by atoms with Crippen molar-refractivity contribution in [3.05, 3.63) is 60.7 Å². The Morgan fingerprint density at radius 2 is 1.52 bits per heavy atom. The number of para-hydroxylation sites is 2. The van der Waals surface area contributed by atoms with E-state index in [1.54, 1.807) is 43.4 Å². The average Bonchev–Trinajstić information content (AvgIpc) is 2.55. The molecule has 2 rings (SSSR count). The van der Waals surface area contributed by atoms with Crippen LogP contribution >= 0.6 is 0 Å². The van der Waals surface area contributed by atoms with Crippen LogP contribution in [0.3, 0.4) is 0 Å². The summed E-state index contributed by atoms with van der Waals surface area (Å²) in [6.45, 7) is 1.46. The Labute approximate surface area is 135 Å². The summed E-state index contributed by atoms with van der Waals surface area (Å²) in [6, 6.07) is 17.9. The van der Waals surface area contributed by atoms with E-state index in [2.05, 4.69) is 5.32 Å². The van der Waals surface area contributed by atoms with Gasteiger partial charge < -0.3 is 15.6 Å². The van der Waals surface area contributed by atoms with Crippen molar-refractivity contribution < 1.29 is 9.59 Å². The molecule has 2 aromatic rings. The molecule has 0 saturated heterocycles. The van der Waals surface area contributed by atoms with Crippen molar-refractivity contribution in [3.63, 3.8) is 0 Å². The Morgan fingerprint density at radius 1 is 1.00 bits per heavy atom. The number of hydrogen-bond donors (Lipinski definition) is 2. The molecule has 1 unspecified atom stereocenters. The van der Waals surface area contributed by atoms with Gasteiger partial charge in [0.05, 0.1) is 0 Å². The third kappa shape index (κ3) is 4.03. The van der Waals surface area contributed by atoms with Crippen LogP contribution in [-0.2, 0) is 9.59 Å². The van der Waals surface area contributed by atoms with Gasteiger partial charge in [-0.05, 0) is 31.2 Å². The normalized spacial score (nSPS) is 11.4. The first-order valence-electron chi connectivity index (χ1n) is 7.24. The highest BCUT2D eigenvalue weighted by atomic mass is 16.2. The number of carbonyl (C=O) groups is 2. The topological polar surface area (TPSA) is 73.3 Å².